The largest absolute Gasteiger partial charge is 0.322 e. The summed E-state index contributed by atoms with van der Waals surface area (Å²) in [7, 11) is -3.87. The van der Waals surface area contributed by atoms with Gasteiger partial charge in [-0.3, -0.25) is 14.3 Å². The first kappa shape index (κ1) is 21.3. The van der Waals surface area contributed by atoms with Crippen molar-refractivity contribution < 1.29 is 18.0 Å². The van der Waals surface area contributed by atoms with E-state index < -0.39 is 15.9 Å². The van der Waals surface area contributed by atoms with Gasteiger partial charge in [-0.05, 0) is 62.2 Å². The lowest BCUT2D eigenvalue weighted by atomic mass is 10.1. The number of Topliss-reactive ketones (excluding diaryl/α,β-unsaturated/α-hetero) is 1. The van der Waals surface area contributed by atoms with Gasteiger partial charge in [-0.1, -0.05) is 36.4 Å². The number of carbonyl (C=O) groups excluding carboxylic acids is 2. The van der Waals surface area contributed by atoms with Crippen LogP contribution in [0.4, 0.5) is 11.4 Å². The molecule has 6 nitrogen and oxygen atoms in total. The van der Waals surface area contributed by atoms with Crippen molar-refractivity contribution >= 4 is 33.1 Å². The Morgan fingerprint density at radius 1 is 0.833 bits per heavy atom. The van der Waals surface area contributed by atoms with Crippen molar-refractivity contribution in [3.63, 3.8) is 0 Å². The summed E-state index contributed by atoms with van der Waals surface area (Å²) in [6.07, 6.45) is 0. The van der Waals surface area contributed by atoms with Gasteiger partial charge in [0.25, 0.3) is 15.9 Å². The van der Waals surface area contributed by atoms with E-state index in [0.717, 1.165) is 5.56 Å². The lowest BCUT2D eigenvalue weighted by Gasteiger charge is -2.13. The van der Waals surface area contributed by atoms with Crippen LogP contribution in [-0.4, -0.2) is 20.1 Å². The molecule has 2 N–H and O–H groups in total. The number of anilines is 2. The van der Waals surface area contributed by atoms with E-state index in [1.807, 2.05) is 6.07 Å². The van der Waals surface area contributed by atoms with Crippen LogP contribution in [0.2, 0.25) is 0 Å². The molecule has 3 aromatic rings. The van der Waals surface area contributed by atoms with Crippen LogP contribution < -0.4 is 10.0 Å². The van der Waals surface area contributed by atoms with Crippen LogP contribution in [-0.2, 0) is 10.0 Å². The van der Waals surface area contributed by atoms with Gasteiger partial charge < -0.3 is 5.32 Å². The molecular weight excluding hydrogens is 400 g/mol. The van der Waals surface area contributed by atoms with Gasteiger partial charge in [-0.2, -0.15) is 0 Å². The van der Waals surface area contributed by atoms with Crippen LogP contribution >= 0.6 is 0 Å². The summed E-state index contributed by atoms with van der Waals surface area (Å²) in [6, 6.07) is 18.0. The molecule has 1 amide bonds. The second-order valence-electron chi connectivity index (χ2n) is 6.99. The normalized spacial score (nSPS) is 11.0. The SMILES string of the molecule is CC(=O)c1cccc(NC(=O)c2cc(S(=O)(=O)Nc3ccccc3C)ccc2C)c1. The highest BCUT2D eigenvalue weighted by Crippen LogP contribution is 2.22. The molecule has 7 heteroatoms. The Morgan fingerprint density at radius 3 is 2.27 bits per heavy atom. The molecule has 0 saturated heterocycles. The minimum atomic E-state index is -3.87. The highest BCUT2D eigenvalue weighted by atomic mass is 32.2. The molecule has 0 unspecified atom stereocenters. The zero-order chi connectivity index (χ0) is 21.9. The Balaban J connectivity index is 1.89. The molecule has 154 valence electrons. The van der Waals surface area contributed by atoms with E-state index >= 15 is 0 Å². The second kappa shape index (κ2) is 8.51. The Morgan fingerprint density at radius 2 is 1.57 bits per heavy atom. The number of nitrogens with one attached hydrogen (secondary N) is 2. The first-order valence-electron chi connectivity index (χ1n) is 9.29. The summed E-state index contributed by atoms with van der Waals surface area (Å²) in [6.45, 7) is 4.98. The highest BCUT2D eigenvalue weighted by molar-refractivity contribution is 7.92. The third kappa shape index (κ3) is 4.75. The summed E-state index contributed by atoms with van der Waals surface area (Å²) in [5.74, 6) is -0.571. The van der Waals surface area contributed by atoms with Crippen LogP contribution in [0.1, 0.15) is 38.8 Å². The minimum Gasteiger partial charge on any atom is -0.322 e. The number of hydrogen-bond donors (Lipinski definition) is 2. The van der Waals surface area contributed by atoms with Crippen molar-refractivity contribution in [1.29, 1.82) is 0 Å². The summed E-state index contributed by atoms with van der Waals surface area (Å²) in [5, 5.41) is 2.73. The van der Waals surface area contributed by atoms with Crippen molar-refractivity contribution in [1.82, 2.24) is 0 Å². The smallest absolute Gasteiger partial charge is 0.261 e. The van der Waals surface area contributed by atoms with Gasteiger partial charge in [0.15, 0.2) is 5.78 Å². The van der Waals surface area contributed by atoms with Gasteiger partial charge in [0.05, 0.1) is 10.6 Å². The average molecular weight is 423 g/mol. The number of rotatable bonds is 6. The fourth-order valence-corrected chi connectivity index (χ4v) is 4.07. The molecule has 0 bridgehead atoms. The quantitative estimate of drug-likeness (QED) is 0.570. The van der Waals surface area contributed by atoms with E-state index in [9.17, 15) is 18.0 Å². The average Bonchev–Trinajstić information content (AvgIpc) is 2.70. The number of para-hydroxylation sites is 1. The van der Waals surface area contributed by atoms with Crippen molar-refractivity contribution in [3.8, 4) is 0 Å². The zero-order valence-corrected chi connectivity index (χ0v) is 17.7. The summed E-state index contributed by atoms with van der Waals surface area (Å²) in [5.41, 5.74) is 3.06. The fourth-order valence-electron chi connectivity index (χ4n) is 2.92. The maximum atomic E-state index is 12.8. The van der Waals surface area contributed by atoms with Crippen LogP contribution in [0, 0.1) is 13.8 Å². The van der Waals surface area contributed by atoms with Gasteiger partial charge in [-0.25, -0.2) is 8.42 Å². The number of ketones is 1. The van der Waals surface area contributed by atoms with E-state index in [2.05, 4.69) is 10.0 Å². The third-order valence-electron chi connectivity index (χ3n) is 4.68. The predicted molar refractivity (Wildman–Crippen MR) is 118 cm³/mol. The lowest BCUT2D eigenvalue weighted by molar-refractivity contribution is 0.101. The van der Waals surface area contributed by atoms with E-state index in [1.165, 1.54) is 19.1 Å². The van der Waals surface area contributed by atoms with Crippen molar-refractivity contribution in [2.45, 2.75) is 25.7 Å². The van der Waals surface area contributed by atoms with Crippen LogP contribution in [0.5, 0.6) is 0 Å². The van der Waals surface area contributed by atoms with E-state index in [0.29, 0.717) is 22.5 Å². The fraction of sp³-hybridized carbons (Fsp3) is 0.130. The Bertz CT molecular complexity index is 1230. The first-order chi connectivity index (χ1) is 14.2. The van der Waals surface area contributed by atoms with E-state index in [-0.39, 0.29) is 16.2 Å². The molecule has 0 atom stereocenters. The third-order valence-corrected chi connectivity index (χ3v) is 6.04. The van der Waals surface area contributed by atoms with E-state index in [4.69, 9.17) is 0 Å². The monoisotopic (exact) mass is 422 g/mol. The molecule has 0 fully saturated rings. The number of sulfonamides is 1. The van der Waals surface area contributed by atoms with Gasteiger partial charge in [0.1, 0.15) is 0 Å². The summed E-state index contributed by atoms with van der Waals surface area (Å²) in [4.78, 5) is 24.3. The minimum absolute atomic E-state index is 0.0148. The number of hydrogen-bond acceptors (Lipinski definition) is 4. The predicted octanol–water partition coefficient (Wildman–Crippen LogP) is 4.56. The second-order valence-corrected chi connectivity index (χ2v) is 8.67. The highest BCUT2D eigenvalue weighted by Gasteiger charge is 2.19. The van der Waals surface area contributed by atoms with Crippen LogP contribution in [0.15, 0.2) is 71.6 Å². The van der Waals surface area contributed by atoms with Crippen molar-refractivity contribution in [2.24, 2.45) is 0 Å². The molecule has 0 aliphatic carbocycles. The molecule has 0 aliphatic heterocycles. The molecule has 0 heterocycles. The molecule has 0 radical (unpaired) electrons. The van der Waals surface area contributed by atoms with Gasteiger partial charge in [0.2, 0.25) is 0 Å². The Kier molecular flexibility index (Phi) is 6.03. The standard InChI is InChI=1S/C23H22N2O4S/c1-15-11-12-20(30(28,29)25-22-10-5-4-7-16(22)2)14-21(15)23(27)24-19-9-6-8-18(13-19)17(3)26/h4-14,25H,1-3H3,(H,24,27). The van der Waals surface area contributed by atoms with Gasteiger partial charge >= 0.3 is 0 Å². The van der Waals surface area contributed by atoms with Gasteiger partial charge in [-0.15, -0.1) is 0 Å². The molecule has 0 aromatic heterocycles. The summed E-state index contributed by atoms with van der Waals surface area (Å²) < 4.78 is 28.2. The van der Waals surface area contributed by atoms with Crippen LogP contribution in [0.25, 0.3) is 0 Å². The number of benzene rings is 3. The number of aryl methyl sites for hydroxylation is 2. The number of amides is 1. The Hall–Kier alpha value is -3.45. The molecule has 0 aliphatic rings. The topological polar surface area (TPSA) is 92.3 Å². The summed E-state index contributed by atoms with van der Waals surface area (Å²) >= 11 is 0. The molecule has 3 aromatic carbocycles. The lowest BCUT2D eigenvalue weighted by Crippen LogP contribution is -2.17. The maximum absolute atomic E-state index is 12.8. The van der Waals surface area contributed by atoms with E-state index in [1.54, 1.807) is 62.4 Å². The maximum Gasteiger partial charge on any atom is 0.261 e. The molecule has 0 saturated carbocycles. The number of carbonyl (C=O) groups is 2. The first-order valence-corrected chi connectivity index (χ1v) is 10.8. The molecule has 30 heavy (non-hydrogen) atoms. The zero-order valence-electron chi connectivity index (χ0n) is 16.9. The molecule has 0 spiro atoms. The van der Waals surface area contributed by atoms with Crippen molar-refractivity contribution in [3.05, 3.63) is 89.0 Å². The molecular formula is C23H22N2O4S. The van der Waals surface area contributed by atoms with Crippen LogP contribution in [0.3, 0.4) is 0 Å². The van der Waals surface area contributed by atoms with Gasteiger partial charge in [0, 0.05) is 16.8 Å². The molecule has 3 rings (SSSR count). The Labute approximate surface area is 176 Å². The van der Waals surface area contributed by atoms with Crippen molar-refractivity contribution in [2.75, 3.05) is 10.0 Å².